The molecule has 0 bridgehead atoms. The van der Waals surface area contributed by atoms with Crippen molar-refractivity contribution in [1.82, 2.24) is 5.32 Å². The largest absolute Gasteiger partial charge is 0.316 e. The van der Waals surface area contributed by atoms with E-state index in [2.05, 4.69) is 56.4 Å². The molecule has 0 radical (unpaired) electrons. The van der Waals surface area contributed by atoms with Crippen molar-refractivity contribution in [3.05, 3.63) is 35.9 Å². The molecule has 5 atom stereocenters. The first-order valence-electron chi connectivity index (χ1n) is 8.16. The predicted octanol–water partition coefficient (Wildman–Crippen LogP) is 3.70. The molecule has 1 aliphatic rings. The van der Waals surface area contributed by atoms with Crippen LogP contribution in [0.15, 0.2) is 30.3 Å². The van der Waals surface area contributed by atoms with Crippen molar-refractivity contribution in [2.24, 2.45) is 5.92 Å². The maximum absolute atomic E-state index is 13.0. The Bertz CT molecular complexity index is 460. The van der Waals surface area contributed by atoms with E-state index in [1.54, 1.807) is 0 Å². The van der Waals surface area contributed by atoms with Crippen molar-refractivity contribution in [3.8, 4) is 0 Å². The fourth-order valence-corrected chi connectivity index (χ4v) is 5.39. The molecular weight excluding hydrogens is 278 g/mol. The maximum Gasteiger partial charge on any atom is 0.0509 e. The quantitative estimate of drug-likeness (QED) is 0.898. The molecule has 5 unspecified atom stereocenters. The second-order valence-corrected chi connectivity index (χ2v) is 8.64. The van der Waals surface area contributed by atoms with Crippen LogP contribution in [0.4, 0.5) is 0 Å². The maximum atomic E-state index is 13.0. The first-order valence-corrected chi connectivity index (χ1v) is 9.43. The summed E-state index contributed by atoms with van der Waals surface area (Å²) in [5.74, 6) is 1.03. The normalized spacial score (nSPS) is 29.3. The lowest BCUT2D eigenvalue weighted by Gasteiger charge is -2.37. The zero-order valence-corrected chi connectivity index (χ0v) is 14.5. The minimum Gasteiger partial charge on any atom is -0.316 e. The Morgan fingerprint density at radius 1 is 1.14 bits per heavy atom. The van der Waals surface area contributed by atoms with Crippen molar-refractivity contribution in [2.75, 3.05) is 7.05 Å². The van der Waals surface area contributed by atoms with Gasteiger partial charge in [0.25, 0.3) is 0 Å². The summed E-state index contributed by atoms with van der Waals surface area (Å²) < 4.78 is 13.0. The molecule has 118 valence electrons. The molecule has 0 aromatic heterocycles. The SMILES string of the molecule is CNC1CCC(c2ccccc2)CC1S(=O)C(C)C(C)C. The molecule has 1 aromatic carbocycles. The van der Waals surface area contributed by atoms with Gasteiger partial charge in [0.1, 0.15) is 0 Å². The molecule has 2 rings (SSSR count). The first kappa shape index (κ1) is 16.7. The summed E-state index contributed by atoms with van der Waals surface area (Å²) in [5.41, 5.74) is 1.41. The van der Waals surface area contributed by atoms with Crippen LogP contribution in [-0.2, 0) is 10.8 Å². The van der Waals surface area contributed by atoms with E-state index in [4.69, 9.17) is 0 Å². The summed E-state index contributed by atoms with van der Waals surface area (Å²) in [7, 11) is 1.24. The summed E-state index contributed by atoms with van der Waals surface area (Å²) >= 11 is 0. The number of hydrogen-bond acceptors (Lipinski definition) is 2. The van der Waals surface area contributed by atoms with Gasteiger partial charge in [0.2, 0.25) is 0 Å². The zero-order chi connectivity index (χ0) is 15.4. The van der Waals surface area contributed by atoms with Crippen LogP contribution in [0.25, 0.3) is 0 Å². The van der Waals surface area contributed by atoms with Crippen molar-refractivity contribution in [1.29, 1.82) is 0 Å². The van der Waals surface area contributed by atoms with E-state index < -0.39 is 10.8 Å². The van der Waals surface area contributed by atoms with Gasteiger partial charge in [-0.2, -0.15) is 0 Å². The van der Waals surface area contributed by atoms with Gasteiger partial charge in [-0.15, -0.1) is 0 Å². The summed E-state index contributed by atoms with van der Waals surface area (Å²) in [6.45, 7) is 6.49. The van der Waals surface area contributed by atoms with Crippen molar-refractivity contribution in [3.63, 3.8) is 0 Å². The average molecular weight is 308 g/mol. The average Bonchev–Trinajstić information content (AvgIpc) is 2.53. The summed E-state index contributed by atoms with van der Waals surface area (Å²) in [5, 5.41) is 3.94. The third kappa shape index (κ3) is 3.95. The highest BCUT2D eigenvalue weighted by atomic mass is 32.2. The Morgan fingerprint density at radius 2 is 1.81 bits per heavy atom. The number of hydrogen-bond donors (Lipinski definition) is 1. The fraction of sp³-hybridized carbons (Fsp3) is 0.667. The summed E-state index contributed by atoms with van der Waals surface area (Å²) in [6, 6.07) is 11.1. The molecule has 1 aliphatic carbocycles. The van der Waals surface area contributed by atoms with Gasteiger partial charge in [-0.25, -0.2) is 0 Å². The lowest BCUT2D eigenvalue weighted by atomic mass is 9.81. The third-order valence-corrected chi connectivity index (χ3v) is 7.43. The van der Waals surface area contributed by atoms with Crippen LogP contribution in [0.2, 0.25) is 0 Å². The van der Waals surface area contributed by atoms with Gasteiger partial charge in [-0.05, 0) is 43.7 Å². The molecule has 1 fully saturated rings. The molecule has 21 heavy (non-hydrogen) atoms. The van der Waals surface area contributed by atoms with E-state index in [9.17, 15) is 4.21 Å². The van der Waals surface area contributed by atoms with Crippen LogP contribution in [0.1, 0.15) is 51.5 Å². The predicted molar refractivity (Wildman–Crippen MR) is 92.1 cm³/mol. The topological polar surface area (TPSA) is 29.1 Å². The Kier molecular flexibility index (Phi) is 6.00. The fourth-order valence-electron chi connectivity index (χ4n) is 3.29. The number of benzene rings is 1. The van der Waals surface area contributed by atoms with E-state index in [0.29, 0.717) is 17.9 Å². The molecule has 0 amide bonds. The van der Waals surface area contributed by atoms with Crippen molar-refractivity contribution < 1.29 is 4.21 Å². The Labute approximate surface area is 132 Å². The van der Waals surface area contributed by atoms with E-state index in [0.717, 1.165) is 12.8 Å². The van der Waals surface area contributed by atoms with Gasteiger partial charge < -0.3 is 5.32 Å². The second kappa shape index (κ2) is 7.55. The lowest BCUT2D eigenvalue weighted by molar-refractivity contribution is 0.361. The van der Waals surface area contributed by atoms with Gasteiger partial charge in [-0.3, -0.25) is 4.21 Å². The van der Waals surface area contributed by atoms with Crippen LogP contribution in [-0.4, -0.2) is 27.8 Å². The van der Waals surface area contributed by atoms with E-state index in [-0.39, 0.29) is 10.5 Å². The van der Waals surface area contributed by atoms with Crippen LogP contribution in [0, 0.1) is 5.92 Å². The Balaban J connectivity index is 2.14. The van der Waals surface area contributed by atoms with Gasteiger partial charge in [-0.1, -0.05) is 51.1 Å². The molecule has 1 saturated carbocycles. The molecule has 1 N–H and O–H groups in total. The smallest absolute Gasteiger partial charge is 0.0509 e. The minimum absolute atomic E-state index is 0.264. The number of rotatable bonds is 5. The molecule has 0 heterocycles. The Hall–Kier alpha value is -0.670. The highest BCUT2D eigenvalue weighted by Gasteiger charge is 2.36. The van der Waals surface area contributed by atoms with Crippen LogP contribution >= 0.6 is 0 Å². The second-order valence-electron chi connectivity index (χ2n) is 6.63. The van der Waals surface area contributed by atoms with Gasteiger partial charge in [0.05, 0.1) is 5.25 Å². The minimum atomic E-state index is -0.768. The van der Waals surface area contributed by atoms with E-state index >= 15 is 0 Å². The zero-order valence-electron chi connectivity index (χ0n) is 13.7. The monoisotopic (exact) mass is 307 g/mol. The lowest BCUT2D eigenvalue weighted by Crippen LogP contribution is -2.47. The van der Waals surface area contributed by atoms with Gasteiger partial charge in [0, 0.05) is 22.1 Å². The molecule has 2 nitrogen and oxygen atoms in total. The van der Waals surface area contributed by atoms with Gasteiger partial charge >= 0.3 is 0 Å². The molecular formula is C18H29NOS. The third-order valence-electron chi connectivity index (χ3n) is 5.04. The van der Waals surface area contributed by atoms with Crippen LogP contribution in [0.3, 0.4) is 0 Å². The molecule has 1 aromatic rings. The molecule has 0 saturated heterocycles. The van der Waals surface area contributed by atoms with Crippen LogP contribution < -0.4 is 5.32 Å². The summed E-state index contributed by atoms with van der Waals surface area (Å²) in [4.78, 5) is 0. The molecule has 3 heteroatoms. The van der Waals surface area contributed by atoms with Crippen LogP contribution in [0.5, 0.6) is 0 Å². The first-order chi connectivity index (χ1) is 10.0. The highest BCUT2D eigenvalue weighted by Crippen LogP contribution is 2.36. The van der Waals surface area contributed by atoms with Gasteiger partial charge in [0.15, 0.2) is 0 Å². The highest BCUT2D eigenvalue weighted by molar-refractivity contribution is 7.86. The Morgan fingerprint density at radius 3 is 2.38 bits per heavy atom. The number of nitrogens with one attached hydrogen (secondary N) is 1. The van der Waals surface area contributed by atoms with Crippen molar-refractivity contribution in [2.45, 2.75) is 62.5 Å². The molecule has 0 spiro atoms. The van der Waals surface area contributed by atoms with Crippen molar-refractivity contribution >= 4 is 10.8 Å². The summed E-state index contributed by atoms with van der Waals surface area (Å²) in [6.07, 6.45) is 3.36. The standard InChI is InChI=1S/C18H29NOS/c1-13(2)14(3)21(20)18-12-16(10-11-17(18)19-4)15-8-6-5-7-9-15/h5-9,13-14,16-19H,10-12H2,1-4H3. The van der Waals surface area contributed by atoms with E-state index in [1.807, 2.05) is 7.05 Å². The molecule has 0 aliphatic heterocycles. The van der Waals surface area contributed by atoms with E-state index in [1.165, 1.54) is 12.0 Å².